The first-order valence-electron chi connectivity index (χ1n) is 6.47. The summed E-state index contributed by atoms with van der Waals surface area (Å²) in [5.74, 6) is -1.33. The van der Waals surface area contributed by atoms with E-state index in [1.54, 1.807) is 0 Å². The van der Waals surface area contributed by atoms with Gasteiger partial charge in [0.05, 0.1) is 19.1 Å². The van der Waals surface area contributed by atoms with Crippen LogP contribution in [0, 0.1) is 11.8 Å². The van der Waals surface area contributed by atoms with Crippen LogP contribution in [0.5, 0.6) is 0 Å². The van der Waals surface area contributed by atoms with Crippen molar-refractivity contribution in [3.05, 3.63) is 0 Å². The van der Waals surface area contributed by atoms with Crippen LogP contribution in [0.3, 0.4) is 0 Å². The Bertz CT molecular complexity index is 330. The largest absolute Gasteiger partial charge is 0.480 e. The molecule has 0 aromatic rings. The minimum atomic E-state index is -0.940. The zero-order chi connectivity index (χ0) is 13.1. The van der Waals surface area contributed by atoms with Crippen LogP contribution >= 0.6 is 0 Å². The number of hydrogen-bond donors (Lipinski definition) is 3. The Morgan fingerprint density at radius 3 is 2.67 bits per heavy atom. The third kappa shape index (κ3) is 3.00. The van der Waals surface area contributed by atoms with Crippen LogP contribution in [0.1, 0.15) is 19.8 Å². The number of ether oxygens (including phenoxy) is 1. The van der Waals surface area contributed by atoms with E-state index in [0.717, 1.165) is 19.4 Å². The third-order valence-corrected chi connectivity index (χ3v) is 3.54. The molecule has 6 nitrogen and oxygen atoms in total. The van der Waals surface area contributed by atoms with Gasteiger partial charge in [0.15, 0.2) is 0 Å². The molecule has 1 aliphatic carbocycles. The van der Waals surface area contributed by atoms with Crippen molar-refractivity contribution in [2.45, 2.75) is 31.8 Å². The molecule has 2 fully saturated rings. The summed E-state index contributed by atoms with van der Waals surface area (Å²) < 4.78 is 5.29. The molecule has 1 saturated carbocycles. The normalized spacial score (nSPS) is 28.9. The fourth-order valence-electron chi connectivity index (χ4n) is 2.35. The van der Waals surface area contributed by atoms with Gasteiger partial charge in [-0.1, -0.05) is 6.92 Å². The Morgan fingerprint density at radius 2 is 2.11 bits per heavy atom. The number of nitrogens with one attached hydrogen (secondary N) is 2. The van der Waals surface area contributed by atoms with Crippen molar-refractivity contribution < 1.29 is 19.4 Å². The van der Waals surface area contributed by atoms with Crippen molar-refractivity contribution >= 4 is 11.9 Å². The molecule has 102 valence electrons. The van der Waals surface area contributed by atoms with Gasteiger partial charge >= 0.3 is 5.97 Å². The predicted molar refractivity (Wildman–Crippen MR) is 64.1 cm³/mol. The lowest BCUT2D eigenvalue weighted by atomic mass is 10.0. The van der Waals surface area contributed by atoms with E-state index >= 15 is 0 Å². The molecule has 2 rings (SSSR count). The zero-order valence-corrected chi connectivity index (χ0v) is 10.5. The van der Waals surface area contributed by atoms with Crippen LogP contribution in [0.4, 0.5) is 0 Å². The number of hydrogen-bond acceptors (Lipinski definition) is 4. The van der Waals surface area contributed by atoms with E-state index in [4.69, 9.17) is 9.84 Å². The number of carbonyl (C=O) groups excluding carboxylic acids is 1. The predicted octanol–water partition coefficient (Wildman–Crippen LogP) is -0.410. The maximum Gasteiger partial charge on any atom is 0.326 e. The van der Waals surface area contributed by atoms with Crippen molar-refractivity contribution in [2.75, 3.05) is 19.8 Å². The van der Waals surface area contributed by atoms with E-state index in [-0.39, 0.29) is 23.8 Å². The lowest BCUT2D eigenvalue weighted by molar-refractivity contribution is -0.143. The maximum absolute atomic E-state index is 12.1. The number of likely N-dealkylation sites (N-methyl/N-ethyl adjacent to an activating group) is 1. The van der Waals surface area contributed by atoms with Crippen LogP contribution in [0.15, 0.2) is 0 Å². The molecule has 18 heavy (non-hydrogen) atoms. The first-order chi connectivity index (χ1) is 8.63. The first kappa shape index (κ1) is 13.3. The van der Waals surface area contributed by atoms with Gasteiger partial charge in [-0.05, 0) is 25.3 Å². The molecule has 1 heterocycles. The average Bonchev–Trinajstić information content (AvgIpc) is 3.05. The first-order valence-corrected chi connectivity index (χ1v) is 6.47. The monoisotopic (exact) mass is 256 g/mol. The topological polar surface area (TPSA) is 87.7 Å². The average molecular weight is 256 g/mol. The van der Waals surface area contributed by atoms with Gasteiger partial charge in [0.1, 0.15) is 6.04 Å². The highest BCUT2D eigenvalue weighted by molar-refractivity contribution is 5.86. The lowest BCUT2D eigenvalue weighted by Crippen LogP contribution is -2.49. The van der Waals surface area contributed by atoms with E-state index < -0.39 is 12.0 Å². The van der Waals surface area contributed by atoms with Gasteiger partial charge in [0.25, 0.3) is 0 Å². The molecule has 1 saturated heterocycles. The van der Waals surface area contributed by atoms with E-state index in [1.807, 2.05) is 6.92 Å². The van der Waals surface area contributed by atoms with Gasteiger partial charge in [-0.2, -0.15) is 0 Å². The Morgan fingerprint density at radius 1 is 1.39 bits per heavy atom. The molecule has 0 aromatic heterocycles. The van der Waals surface area contributed by atoms with E-state index in [1.165, 1.54) is 0 Å². The van der Waals surface area contributed by atoms with Crippen molar-refractivity contribution in [3.8, 4) is 0 Å². The van der Waals surface area contributed by atoms with Gasteiger partial charge in [-0.3, -0.25) is 4.79 Å². The molecular weight excluding hydrogens is 236 g/mol. The second-order valence-electron chi connectivity index (χ2n) is 4.97. The van der Waals surface area contributed by atoms with Crippen LogP contribution in [0.2, 0.25) is 0 Å². The standard InChI is InChI=1S/C12H20N2O4/c1-2-13-9-6-18-5-8(9)11(15)14-10(12(16)17)7-3-4-7/h7-10,13H,2-6H2,1H3,(H,14,15)(H,16,17). The Kier molecular flexibility index (Phi) is 4.19. The molecule has 0 bridgehead atoms. The van der Waals surface area contributed by atoms with Crippen molar-refractivity contribution in [1.82, 2.24) is 10.6 Å². The fourth-order valence-corrected chi connectivity index (χ4v) is 2.35. The summed E-state index contributed by atoms with van der Waals surface area (Å²) in [7, 11) is 0. The number of rotatable bonds is 6. The number of aliphatic carboxylic acids is 1. The van der Waals surface area contributed by atoms with Crippen molar-refractivity contribution in [2.24, 2.45) is 11.8 Å². The Balaban J connectivity index is 1.91. The minimum absolute atomic E-state index is 0.0105. The summed E-state index contributed by atoms with van der Waals surface area (Å²) >= 11 is 0. The van der Waals surface area contributed by atoms with Gasteiger partial charge < -0.3 is 20.5 Å². The molecule has 0 spiro atoms. The summed E-state index contributed by atoms with van der Waals surface area (Å²) in [6.07, 6.45) is 1.77. The smallest absolute Gasteiger partial charge is 0.326 e. The van der Waals surface area contributed by atoms with Crippen LogP contribution < -0.4 is 10.6 Å². The number of carboxylic acids is 1. The summed E-state index contributed by atoms with van der Waals surface area (Å²) in [6.45, 7) is 3.61. The van der Waals surface area contributed by atoms with E-state index in [2.05, 4.69) is 10.6 Å². The van der Waals surface area contributed by atoms with Gasteiger partial charge in [0.2, 0.25) is 5.91 Å². The van der Waals surface area contributed by atoms with E-state index in [0.29, 0.717) is 13.2 Å². The molecule has 3 unspecified atom stereocenters. The summed E-state index contributed by atoms with van der Waals surface area (Å²) in [5, 5.41) is 14.9. The number of carbonyl (C=O) groups is 2. The molecule has 1 amide bonds. The quantitative estimate of drug-likeness (QED) is 0.601. The summed E-state index contributed by atoms with van der Waals surface area (Å²) in [5.41, 5.74) is 0. The number of carboxylic acid groups (broad SMARTS) is 1. The van der Waals surface area contributed by atoms with Crippen molar-refractivity contribution in [3.63, 3.8) is 0 Å². The third-order valence-electron chi connectivity index (χ3n) is 3.54. The van der Waals surface area contributed by atoms with Crippen LogP contribution in [-0.4, -0.2) is 48.8 Å². The summed E-state index contributed by atoms with van der Waals surface area (Å²) in [6, 6.07) is -0.746. The Labute approximate surface area is 106 Å². The highest BCUT2D eigenvalue weighted by atomic mass is 16.5. The highest BCUT2D eigenvalue weighted by Crippen LogP contribution is 2.33. The lowest BCUT2D eigenvalue weighted by Gasteiger charge is -2.20. The van der Waals surface area contributed by atoms with E-state index in [9.17, 15) is 9.59 Å². The Hall–Kier alpha value is -1.14. The SMILES string of the molecule is CCNC1COCC1C(=O)NC(C(=O)O)C1CC1. The maximum atomic E-state index is 12.1. The molecule has 6 heteroatoms. The second kappa shape index (κ2) is 5.67. The van der Waals surface area contributed by atoms with Gasteiger partial charge in [0, 0.05) is 6.04 Å². The van der Waals surface area contributed by atoms with Crippen LogP contribution in [-0.2, 0) is 14.3 Å². The minimum Gasteiger partial charge on any atom is -0.480 e. The van der Waals surface area contributed by atoms with Crippen molar-refractivity contribution in [1.29, 1.82) is 0 Å². The number of amides is 1. The molecule has 1 aliphatic heterocycles. The van der Waals surface area contributed by atoms with Gasteiger partial charge in [-0.25, -0.2) is 4.79 Å². The second-order valence-corrected chi connectivity index (χ2v) is 4.97. The molecule has 3 atom stereocenters. The zero-order valence-electron chi connectivity index (χ0n) is 10.5. The fraction of sp³-hybridized carbons (Fsp3) is 0.833. The molecule has 3 N–H and O–H groups in total. The van der Waals surface area contributed by atoms with Crippen LogP contribution in [0.25, 0.3) is 0 Å². The molecule has 0 radical (unpaired) electrons. The molecule has 2 aliphatic rings. The highest BCUT2D eigenvalue weighted by Gasteiger charge is 2.40. The molecular formula is C12H20N2O4. The summed E-state index contributed by atoms with van der Waals surface area (Å²) in [4.78, 5) is 23.2. The van der Waals surface area contributed by atoms with Gasteiger partial charge in [-0.15, -0.1) is 0 Å². The molecule has 0 aromatic carbocycles.